The molecule has 5 heteroatoms. The maximum absolute atomic E-state index is 11.7. The van der Waals surface area contributed by atoms with Gasteiger partial charge in [-0.3, -0.25) is 9.78 Å². The van der Waals surface area contributed by atoms with E-state index in [1.54, 1.807) is 43.3 Å². The molecule has 0 saturated heterocycles. The van der Waals surface area contributed by atoms with Gasteiger partial charge in [0.1, 0.15) is 5.75 Å². The Kier molecular flexibility index (Phi) is 4.20. The van der Waals surface area contributed by atoms with Crippen LogP contribution in [0, 0.1) is 0 Å². The molecule has 2 N–H and O–H groups in total. The molecule has 0 bridgehead atoms. The quantitative estimate of drug-likeness (QED) is 0.893. The van der Waals surface area contributed by atoms with Gasteiger partial charge in [-0.15, -0.1) is 0 Å². The molecule has 0 radical (unpaired) electrons. The van der Waals surface area contributed by atoms with Gasteiger partial charge in [0.05, 0.1) is 18.4 Å². The number of pyridine rings is 1. The Morgan fingerprint density at radius 1 is 1.20 bits per heavy atom. The van der Waals surface area contributed by atoms with Crippen LogP contribution in [0.4, 0.5) is 5.69 Å². The van der Waals surface area contributed by atoms with E-state index in [9.17, 15) is 4.79 Å². The predicted octanol–water partition coefficient (Wildman–Crippen LogP) is 2.10. The first-order valence-electron chi connectivity index (χ1n) is 6.26. The van der Waals surface area contributed by atoms with Crippen LogP contribution in [0.25, 0.3) is 0 Å². The Hall–Kier alpha value is -2.56. The van der Waals surface area contributed by atoms with Crippen LogP contribution in [-0.2, 0) is 6.54 Å². The molecule has 1 amide bonds. The molecule has 0 aliphatic rings. The first-order chi connectivity index (χ1) is 9.56. The minimum Gasteiger partial charge on any atom is -0.506 e. The van der Waals surface area contributed by atoms with Crippen molar-refractivity contribution in [2.75, 3.05) is 19.4 Å². The van der Waals surface area contributed by atoms with Gasteiger partial charge in [-0.05, 0) is 36.4 Å². The summed E-state index contributed by atoms with van der Waals surface area (Å²) >= 11 is 0. The van der Waals surface area contributed by atoms with E-state index in [1.165, 1.54) is 6.20 Å². The van der Waals surface area contributed by atoms with Crippen LogP contribution in [0.3, 0.4) is 0 Å². The Bertz CT molecular complexity index is 577. The lowest BCUT2D eigenvalue weighted by atomic mass is 10.2. The maximum Gasteiger partial charge on any atom is 0.253 e. The monoisotopic (exact) mass is 271 g/mol. The van der Waals surface area contributed by atoms with Crippen LogP contribution in [0.2, 0.25) is 0 Å². The van der Waals surface area contributed by atoms with Crippen LogP contribution in [0.1, 0.15) is 16.1 Å². The number of rotatable bonds is 4. The highest BCUT2D eigenvalue weighted by Crippen LogP contribution is 2.12. The molecule has 2 aromatic rings. The Balaban J connectivity index is 1.97. The van der Waals surface area contributed by atoms with Crippen molar-refractivity contribution in [1.29, 1.82) is 0 Å². The zero-order valence-corrected chi connectivity index (χ0v) is 11.5. The molecule has 0 aliphatic carbocycles. The highest BCUT2D eigenvalue weighted by Gasteiger charge is 2.06. The number of carbonyl (C=O) groups is 1. The summed E-state index contributed by atoms with van der Waals surface area (Å²) in [7, 11) is 3.45. The Morgan fingerprint density at radius 3 is 2.45 bits per heavy atom. The number of nitrogens with zero attached hydrogens (tertiary/aromatic N) is 2. The summed E-state index contributed by atoms with van der Waals surface area (Å²) in [5.74, 6) is 0.136. The van der Waals surface area contributed by atoms with E-state index in [4.69, 9.17) is 5.11 Å². The number of hydrogen-bond donors (Lipinski definition) is 2. The third-order valence-electron chi connectivity index (χ3n) is 2.82. The molecule has 0 unspecified atom stereocenters. The van der Waals surface area contributed by atoms with Gasteiger partial charge in [0.25, 0.3) is 5.91 Å². The number of carbonyl (C=O) groups excluding carboxylic acids is 1. The fourth-order valence-electron chi connectivity index (χ4n) is 1.70. The number of benzene rings is 1. The Morgan fingerprint density at radius 2 is 1.90 bits per heavy atom. The van der Waals surface area contributed by atoms with E-state index in [0.717, 1.165) is 11.4 Å². The van der Waals surface area contributed by atoms with Crippen molar-refractivity contribution >= 4 is 11.6 Å². The number of aromatic hydroxyl groups is 1. The summed E-state index contributed by atoms with van der Waals surface area (Å²) in [5.41, 5.74) is 2.40. The molecule has 20 heavy (non-hydrogen) atoms. The molecule has 0 aliphatic heterocycles. The average molecular weight is 271 g/mol. The highest BCUT2D eigenvalue weighted by atomic mass is 16.3. The molecule has 0 saturated carbocycles. The molecule has 104 valence electrons. The molecule has 1 heterocycles. The van der Waals surface area contributed by atoms with Gasteiger partial charge in [0.2, 0.25) is 0 Å². The van der Waals surface area contributed by atoms with Crippen molar-refractivity contribution in [2.45, 2.75) is 6.54 Å². The third kappa shape index (κ3) is 3.47. The number of hydrogen-bond acceptors (Lipinski definition) is 4. The summed E-state index contributed by atoms with van der Waals surface area (Å²) in [6.45, 7) is 0.557. The van der Waals surface area contributed by atoms with Gasteiger partial charge in [-0.1, -0.05) is 0 Å². The summed E-state index contributed by atoms with van der Waals surface area (Å²) in [5, 5.41) is 12.4. The van der Waals surface area contributed by atoms with Crippen LogP contribution in [0.5, 0.6) is 5.75 Å². The zero-order chi connectivity index (χ0) is 14.5. The molecule has 1 aromatic heterocycles. The largest absolute Gasteiger partial charge is 0.506 e. The van der Waals surface area contributed by atoms with Gasteiger partial charge in [0.15, 0.2) is 0 Å². The highest BCUT2D eigenvalue weighted by molar-refractivity contribution is 5.94. The van der Waals surface area contributed by atoms with Crippen molar-refractivity contribution < 1.29 is 9.90 Å². The fourth-order valence-corrected chi connectivity index (χ4v) is 1.70. The Labute approximate surface area is 117 Å². The lowest BCUT2D eigenvalue weighted by molar-refractivity contribution is 0.0827. The minimum absolute atomic E-state index is 0.0169. The van der Waals surface area contributed by atoms with Gasteiger partial charge in [0, 0.05) is 25.3 Å². The molecule has 2 rings (SSSR count). The molecule has 0 atom stereocenters. The molecule has 0 spiro atoms. The van der Waals surface area contributed by atoms with Crippen molar-refractivity contribution in [1.82, 2.24) is 9.88 Å². The standard InChI is InChI=1S/C15H17N3O2/c1-18(2)15(20)11-3-5-12(6-4-11)16-9-13-7-8-14(19)10-17-13/h3-8,10,16,19H,9H2,1-2H3. The number of amides is 1. The van der Waals surface area contributed by atoms with Crippen molar-refractivity contribution in [2.24, 2.45) is 0 Å². The van der Waals surface area contributed by atoms with Gasteiger partial charge in [-0.25, -0.2) is 0 Å². The average Bonchev–Trinajstić information content (AvgIpc) is 2.46. The van der Waals surface area contributed by atoms with Gasteiger partial charge >= 0.3 is 0 Å². The summed E-state index contributed by atoms with van der Waals surface area (Å²) in [4.78, 5) is 17.4. The summed E-state index contributed by atoms with van der Waals surface area (Å²) in [6, 6.07) is 10.6. The lowest BCUT2D eigenvalue weighted by Crippen LogP contribution is -2.21. The van der Waals surface area contributed by atoms with Gasteiger partial charge in [-0.2, -0.15) is 0 Å². The zero-order valence-electron chi connectivity index (χ0n) is 11.5. The number of anilines is 1. The molecule has 5 nitrogen and oxygen atoms in total. The van der Waals surface area contributed by atoms with Crippen LogP contribution in [-0.4, -0.2) is 35.0 Å². The van der Waals surface area contributed by atoms with E-state index in [2.05, 4.69) is 10.3 Å². The minimum atomic E-state index is -0.0169. The van der Waals surface area contributed by atoms with E-state index in [-0.39, 0.29) is 11.7 Å². The van der Waals surface area contributed by atoms with Crippen LogP contribution >= 0.6 is 0 Å². The van der Waals surface area contributed by atoms with Crippen molar-refractivity contribution in [3.05, 3.63) is 53.9 Å². The van der Waals surface area contributed by atoms with E-state index in [0.29, 0.717) is 12.1 Å². The van der Waals surface area contributed by atoms with Crippen LogP contribution in [0.15, 0.2) is 42.6 Å². The smallest absolute Gasteiger partial charge is 0.253 e. The summed E-state index contributed by atoms with van der Waals surface area (Å²) in [6.07, 6.45) is 1.41. The predicted molar refractivity (Wildman–Crippen MR) is 77.7 cm³/mol. The normalized spacial score (nSPS) is 10.1. The molecular formula is C15H17N3O2. The number of aromatic nitrogens is 1. The maximum atomic E-state index is 11.7. The second-order valence-corrected chi connectivity index (χ2v) is 4.64. The first-order valence-corrected chi connectivity index (χ1v) is 6.26. The van der Waals surface area contributed by atoms with Crippen molar-refractivity contribution in [3.8, 4) is 5.75 Å². The molecule has 0 fully saturated rings. The van der Waals surface area contributed by atoms with Crippen LogP contribution < -0.4 is 5.32 Å². The second-order valence-electron chi connectivity index (χ2n) is 4.64. The topological polar surface area (TPSA) is 65.5 Å². The van der Waals surface area contributed by atoms with Crippen molar-refractivity contribution in [3.63, 3.8) is 0 Å². The SMILES string of the molecule is CN(C)C(=O)c1ccc(NCc2ccc(O)cn2)cc1. The second kappa shape index (κ2) is 6.06. The van der Waals surface area contributed by atoms with E-state index < -0.39 is 0 Å². The van der Waals surface area contributed by atoms with Gasteiger partial charge < -0.3 is 15.3 Å². The number of nitrogens with one attached hydrogen (secondary N) is 1. The molecule has 1 aromatic carbocycles. The lowest BCUT2D eigenvalue weighted by Gasteiger charge is -2.11. The van der Waals surface area contributed by atoms with E-state index in [1.807, 2.05) is 12.1 Å². The molecular weight excluding hydrogens is 254 g/mol. The van der Waals surface area contributed by atoms with E-state index >= 15 is 0 Å². The summed E-state index contributed by atoms with van der Waals surface area (Å²) < 4.78 is 0. The first kappa shape index (κ1) is 13.9. The fraction of sp³-hybridized carbons (Fsp3) is 0.200. The third-order valence-corrected chi connectivity index (χ3v) is 2.82.